The number of nitrogens with zero attached hydrogens (tertiary/aromatic N) is 1. The van der Waals surface area contributed by atoms with Crippen LogP contribution in [0.2, 0.25) is 0 Å². The Morgan fingerprint density at radius 2 is 2.00 bits per heavy atom. The molecule has 0 aliphatic carbocycles. The van der Waals surface area contributed by atoms with E-state index in [0.717, 1.165) is 0 Å². The summed E-state index contributed by atoms with van der Waals surface area (Å²) in [5.74, 6) is -0.738. The normalized spacial score (nSPS) is 14.9. The van der Waals surface area contributed by atoms with Gasteiger partial charge in [0, 0.05) is 18.5 Å². The largest absolute Gasteiger partial charge is 0.494 e. The number of carbonyl (C=O) groups is 3. The first-order valence-corrected chi connectivity index (χ1v) is 7.59. The Balaban J connectivity index is 1.87. The lowest BCUT2D eigenvalue weighted by Crippen LogP contribution is -2.35. The molecular formula is C16H19N3O5. The highest BCUT2D eigenvalue weighted by Crippen LogP contribution is 2.16. The number of carbonyl (C=O) groups excluding carboxylic acids is 3. The summed E-state index contributed by atoms with van der Waals surface area (Å²) in [6.45, 7) is 3.90. The molecule has 0 bridgehead atoms. The van der Waals surface area contributed by atoms with Crippen molar-refractivity contribution >= 4 is 29.2 Å². The van der Waals surface area contributed by atoms with Crippen molar-refractivity contribution in [2.75, 3.05) is 11.9 Å². The summed E-state index contributed by atoms with van der Waals surface area (Å²) in [6.07, 6.45) is -0.636. The molecule has 0 unspecified atom stereocenters. The fourth-order valence-electron chi connectivity index (χ4n) is 1.95. The average Bonchev–Trinajstić information content (AvgIpc) is 2.57. The van der Waals surface area contributed by atoms with Crippen LogP contribution in [0.15, 0.2) is 29.4 Å². The molecule has 1 aromatic rings. The highest BCUT2D eigenvalue weighted by atomic mass is 16.5. The van der Waals surface area contributed by atoms with Gasteiger partial charge in [-0.15, -0.1) is 0 Å². The minimum atomic E-state index is -0.996. The minimum absolute atomic E-state index is 0.0929. The zero-order chi connectivity index (χ0) is 17.5. The molecule has 24 heavy (non-hydrogen) atoms. The van der Waals surface area contributed by atoms with E-state index in [1.807, 2.05) is 6.92 Å². The van der Waals surface area contributed by atoms with Crippen LogP contribution < -0.4 is 15.5 Å². The first-order valence-electron chi connectivity index (χ1n) is 7.59. The minimum Gasteiger partial charge on any atom is -0.494 e. The monoisotopic (exact) mass is 333 g/mol. The van der Waals surface area contributed by atoms with Crippen molar-refractivity contribution in [2.45, 2.75) is 32.8 Å². The molecule has 0 aromatic heterocycles. The maximum Gasteiger partial charge on any atom is 0.355 e. The predicted molar refractivity (Wildman–Crippen MR) is 86.6 cm³/mol. The molecule has 1 aliphatic heterocycles. The van der Waals surface area contributed by atoms with Gasteiger partial charge in [-0.25, -0.2) is 10.2 Å². The smallest absolute Gasteiger partial charge is 0.355 e. The van der Waals surface area contributed by atoms with Crippen molar-refractivity contribution in [1.82, 2.24) is 5.43 Å². The summed E-state index contributed by atoms with van der Waals surface area (Å²) in [5, 5.41) is 6.28. The van der Waals surface area contributed by atoms with Gasteiger partial charge < -0.3 is 14.8 Å². The molecule has 0 saturated heterocycles. The van der Waals surface area contributed by atoms with Gasteiger partial charge in [-0.3, -0.25) is 9.59 Å². The van der Waals surface area contributed by atoms with E-state index in [1.165, 1.54) is 6.92 Å². The van der Waals surface area contributed by atoms with Crippen molar-refractivity contribution < 1.29 is 23.9 Å². The van der Waals surface area contributed by atoms with Gasteiger partial charge in [-0.2, -0.15) is 5.10 Å². The predicted octanol–water partition coefficient (Wildman–Crippen LogP) is 1.22. The van der Waals surface area contributed by atoms with Gasteiger partial charge in [0.2, 0.25) is 5.91 Å². The number of hydrogen-bond donors (Lipinski definition) is 2. The van der Waals surface area contributed by atoms with E-state index in [-0.39, 0.29) is 24.5 Å². The number of ether oxygens (including phenoxy) is 2. The third kappa shape index (κ3) is 4.80. The van der Waals surface area contributed by atoms with Crippen molar-refractivity contribution in [3.63, 3.8) is 0 Å². The van der Waals surface area contributed by atoms with Crippen LogP contribution in [-0.2, 0) is 19.1 Å². The molecule has 1 atom stereocenters. The topological polar surface area (TPSA) is 106 Å². The van der Waals surface area contributed by atoms with E-state index >= 15 is 0 Å². The zero-order valence-electron chi connectivity index (χ0n) is 13.5. The lowest BCUT2D eigenvalue weighted by Gasteiger charge is -2.16. The number of amides is 2. The Hall–Kier alpha value is -2.90. The second kappa shape index (κ2) is 8.09. The van der Waals surface area contributed by atoms with Crippen LogP contribution in [0.5, 0.6) is 5.75 Å². The van der Waals surface area contributed by atoms with Crippen LogP contribution in [0.3, 0.4) is 0 Å². The molecule has 8 heteroatoms. The molecule has 1 aromatic carbocycles. The molecule has 0 spiro atoms. The van der Waals surface area contributed by atoms with Crippen LogP contribution in [0.4, 0.5) is 5.69 Å². The van der Waals surface area contributed by atoms with Gasteiger partial charge in [0.1, 0.15) is 11.5 Å². The molecule has 8 nitrogen and oxygen atoms in total. The van der Waals surface area contributed by atoms with E-state index < -0.39 is 18.0 Å². The summed E-state index contributed by atoms with van der Waals surface area (Å²) < 4.78 is 10.4. The van der Waals surface area contributed by atoms with E-state index in [4.69, 9.17) is 9.47 Å². The molecule has 0 saturated carbocycles. The SMILES string of the molecule is CCOc1ccc(NC(=O)[C@@H](C)OC(=O)C2=NNC(=O)CC2)cc1. The number of anilines is 1. The van der Waals surface area contributed by atoms with Gasteiger partial charge in [-0.05, 0) is 38.1 Å². The van der Waals surface area contributed by atoms with E-state index in [1.54, 1.807) is 24.3 Å². The second-order valence-electron chi connectivity index (χ2n) is 5.09. The quantitative estimate of drug-likeness (QED) is 0.761. The lowest BCUT2D eigenvalue weighted by atomic mass is 10.2. The third-order valence-corrected chi connectivity index (χ3v) is 3.23. The summed E-state index contributed by atoms with van der Waals surface area (Å²) in [6, 6.07) is 6.85. The number of hydrazone groups is 1. The Labute approximate surface area is 139 Å². The molecule has 128 valence electrons. The molecule has 2 rings (SSSR count). The van der Waals surface area contributed by atoms with Crippen molar-refractivity contribution in [2.24, 2.45) is 5.10 Å². The summed E-state index contributed by atoms with van der Waals surface area (Å²) in [5.41, 5.74) is 2.86. The number of hydrogen-bond acceptors (Lipinski definition) is 6. The number of rotatable bonds is 6. The maximum atomic E-state index is 12.1. The molecule has 0 radical (unpaired) electrons. The summed E-state index contributed by atoms with van der Waals surface area (Å²) in [7, 11) is 0. The average molecular weight is 333 g/mol. The van der Waals surface area contributed by atoms with Crippen LogP contribution in [-0.4, -0.2) is 36.2 Å². The fourth-order valence-corrected chi connectivity index (χ4v) is 1.95. The first kappa shape index (κ1) is 17.5. The van der Waals surface area contributed by atoms with Gasteiger partial charge in [-0.1, -0.05) is 0 Å². The van der Waals surface area contributed by atoms with Gasteiger partial charge in [0.25, 0.3) is 5.91 Å². The van der Waals surface area contributed by atoms with Crippen molar-refractivity contribution in [1.29, 1.82) is 0 Å². The maximum absolute atomic E-state index is 12.1. The van der Waals surface area contributed by atoms with E-state index in [0.29, 0.717) is 18.0 Å². The number of benzene rings is 1. The van der Waals surface area contributed by atoms with Crippen LogP contribution in [0.25, 0.3) is 0 Å². The van der Waals surface area contributed by atoms with Gasteiger partial charge in [0.05, 0.1) is 6.61 Å². The molecular weight excluding hydrogens is 314 g/mol. The second-order valence-corrected chi connectivity index (χ2v) is 5.09. The highest BCUT2D eigenvalue weighted by molar-refractivity contribution is 6.37. The summed E-state index contributed by atoms with van der Waals surface area (Å²) >= 11 is 0. The van der Waals surface area contributed by atoms with E-state index in [2.05, 4.69) is 15.8 Å². The fraction of sp³-hybridized carbons (Fsp3) is 0.375. The molecule has 1 aliphatic rings. The number of esters is 1. The Morgan fingerprint density at radius 3 is 2.58 bits per heavy atom. The zero-order valence-corrected chi connectivity index (χ0v) is 13.5. The lowest BCUT2D eigenvalue weighted by molar-refractivity contribution is -0.146. The standard InChI is InChI=1S/C16H19N3O5/c1-3-23-12-6-4-11(5-7-12)17-15(21)10(2)24-16(22)13-8-9-14(20)19-18-13/h4-7,10H,3,8-9H2,1-2H3,(H,17,21)(H,19,20)/t10-/m1/s1. The molecule has 2 N–H and O–H groups in total. The van der Waals surface area contributed by atoms with Crippen molar-refractivity contribution in [3.05, 3.63) is 24.3 Å². The van der Waals surface area contributed by atoms with Crippen LogP contribution in [0, 0.1) is 0 Å². The Morgan fingerprint density at radius 1 is 1.29 bits per heavy atom. The number of nitrogens with one attached hydrogen (secondary N) is 2. The van der Waals surface area contributed by atoms with Crippen molar-refractivity contribution in [3.8, 4) is 5.75 Å². The molecule has 1 heterocycles. The van der Waals surface area contributed by atoms with Gasteiger partial charge >= 0.3 is 5.97 Å². The van der Waals surface area contributed by atoms with Gasteiger partial charge in [0.15, 0.2) is 6.10 Å². The first-order chi connectivity index (χ1) is 11.5. The Bertz CT molecular complexity index is 654. The molecule has 2 amide bonds. The van der Waals surface area contributed by atoms with Crippen LogP contribution in [0.1, 0.15) is 26.7 Å². The molecule has 0 fully saturated rings. The highest BCUT2D eigenvalue weighted by Gasteiger charge is 2.24. The third-order valence-electron chi connectivity index (χ3n) is 3.23. The Kier molecular flexibility index (Phi) is 5.89. The van der Waals surface area contributed by atoms with Crippen LogP contribution >= 0.6 is 0 Å². The summed E-state index contributed by atoms with van der Waals surface area (Å²) in [4.78, 5) is 34.9. The van der Waals surface area contributed by atoms with E-state index in [9.17, 15) is 14.4 Å².